The molecule has 102 valence electrons. The number of benzene rings is 1. The van der Waals surface area contributed by atoms with Gasteiger partial charge < -0.3 is 10.1 Å². The highest BCUT2D eigenvalue weighted by Gasteiger charge is 2.13. The first-order valence-electron chi connectivity index (χ1n) is 6.43. The summed E-state index contributed by atoms with van der Waals surface area (Å²) in [4.78, 5) is 0. The molecule has 0 amide bonds. The minimum Gasteiger partial charge on any atom is -0.489 e. The number of hydrogen-bond donors (Lipinski definition) is 1. The lowest BCUT2D eigenvalue weighted by molar-refractivity contribution is 0.215. The number of nitrogens with one attached hydrogen (secondary N) is 1. The topological polar surface area (TPSA) is 21.3 Å². The van der Waals surface area contributed by atoms with Gasteiger partial charge in [0.15, 0.2) is 0 Å². The number of ether oxygens (including phenoxy) is 1. The molecule has 0 fully saturated rings. The molecule has 1 N–H and O–H groups in total. The van der Waals surface area contributed by atoms with Crippen LogP contribution in [0.1, 0.15) is 39.2 Å². The van der Waals surface area contributed by atoms with Crippen molar-refractivity contribution in [2.45, 2.75) is 46.3 Å². The lowest BCUT2D eigenvalue weighted by atomic mass is 10.2. The van der Waals surface area contributed by atoms with Crippen molar-refractivity contribution in [2.75, 3.05) is 6.54 Å². The van der Waals surface area contributed by atoms with Gasteiger partial charge in [0, 0.05) is 17.1 Å². The van der Waals surface area contributed by atoms with Gasteiger partial charge in [-0.3, -0.25) is 0 Å². The summed E-state index contributed by atoms with van der Waals surface area (Å²) < 4.78 is 5.88. The second-order valence-corrected chi connectivity index (χ2v) is 5.23. The zero-order chi connectivity index (χ0) is 13.5. The Morgan fingerprint density at radius 3 is 2.61 bits per heavy atom. The van der Waals surface area contributed by atoms with Gasteiger partial charge in [-0.1, -0.05) is 37.0 Å². The van der Waals surface area contributed by atoms with Crippen LogP contribution in [-0.4, -0.2) is 12.6 Å². The molecular weight excluding hydrogens is 269 g/mol. The zero-order valence-electron chi connectivity index (χ0n) is 11.2. The summed E-state index contributed by atoms with van der Waals surface area (Å²) in [6, 6.07) is 3.64. The lowest BCUT2D eigenvalue weighted by Gasteiger charge is -2.18. The Morgan fingerprint density at radius 2 is 2.00 bits per heavy atom. The fourth-order valence-corrected chi connectivity index (χ4v) is 2.14. The molecule has 1 atom stereocenters. The Labute approximate surface area is 120 Å². The summed E-state index contributed by atoms with van der Waals surface area (Å²) in [5.74, 6) is 0.749. The Morgan fingerprint density at radius 1 is 1.28 bits per heavy atom. The predicted octanol–water partition coefficient (Wildman–Crippen LogP) is 4.67. The largest absolute Gasteiger partial charge is 0.489 e. The molecule has 1 unspecified atom stereocenters. The monoisotopic (exact) mass is 289 g/mol. The molecule has 0 aliphatic heterocycles. The minimum absolute atomic E-state index is 0.147. The highest BCUT2D eigenvalue weighted by molar-refractivity contribution is 6.35. The van der Waals surface area contributed by atoms with Crippen LogP contribution in [0.3, 0.4) is 0 Å². The summed E-state index contributed by atoms with van der Waals surface area (Å²) >= 11 is 12.2. The van der Waals surface area contributed by atoms with E-state index >= 15 is 0 Å². The van der Waals surface area contributed by atoms with Gasteiger partial charge in [-0.2, -0.15) is 0 Å². The predicted molar refractivity (Wildman–Crippen MR) is 78.8 cm³/mol. The molecule has 1 rings (SSSR count). The molecule has 0 aliphatic rings. The van der Waals surface area contributed by atoms with Gasteiger partial charge in [-0.25, -0.2) is 0 Å². The fraction of sp³-hybridized carbons (Fsp3) is 0.571. The average Bonchev–Trinajstić information content (AvgIpc) is 2.33. The van der Waals surface area contributed by atoms with Crippen LogP contribution in [0.4, 0.5) is 0 Å². The third kappa shape index (κ3) is 4.68. The molecule has 0 heterocycles. The van der Waals surface area contributed by atoms with Gasteiger partial charge in [0.05, 0.1) is 11.1 Å². The molecule has 0 bridgehead atoms. The second-order valence-electron chi connectivity index (χ2n) is 4.39. The van der Waals surface area contributed by atoms with E-state index in [9.17, 15) is 0 Å². The van der Waals surface area contributed by atoms with Crippen molar-refractivity contribution in [1.29, 1.82) is 0 Å². The van der Waals surface area contributed by atoms with E-state index in [1.807, 2.05) is 13.0 Å². The molecule has 0 spiro atoms. The first kappa shape index (κ1) is 15.6. The normalized spacial score (nSPS) is 12.5. The van der Waals surface area contributed by atoms with Crippen molar-refractivity contribution in [1.82, 2.24) is 5.32 Å². The number of rotatable bonds is 7. The molecule has 0 saturated heterocycles. The third-order valence-corrected chi connectivity index (χ3v) is 3.22. The van der Waals surface area contributed by atoms with Crippen LogP contribution in [0.2, 0.25) is 10.0 Å². The highest BCUT2D eigenvalue weighted by atomic mass is 35.5. The fourth-order valence-electron chi connectivity index (χ4n) is 1.56. The summed E-state index contributed by atoms with van der Waals surface area (Å²) in [7, 11) is 0. The van der Waals surface area contributed by atoms with E-state index in [1.54, 1.807) is 6.07 Å². The maximum absolute atomic E-state index is 6.21. The molecule has 0 aliphatic carbocycles. The first-order valence-corrected chi connectivity index (χ1v) is 7.19. The van der Waals surface area contributed by atoms with E-state index in [1.165, 1.54) is 0 Å². The smallest absolute Gasteiger partial charge is 0.142 e. The maximum Gasteiger partial charge on any atom is 0.142 e. The Hall–Kier alpha value is -0.440. The molecule has 1 aromatic rings. The summed E-state index contributed by atoms with van der Waals surface area (Å²) in [5, 5.41) is 4.56. The van der Waals surface area contributed by atoms with Crippen molar-refractivity contribution < 1.29 is 4.74 Å². The molecular formula is C14H21Cl2NO. The van der Waals surface area contributed by atoms with Crippen LogP contribution in [0.15, 0.2) is 12.1 Å². The summed E-state index contributed by atoms with van der Waals surface area (Å²) in [6.45, 7) is 7.94. The zero-order valence-corrected chi connectivity index (χ0v) is 12.7. The van der Waals surface area contributed by atoms with E-state index in [-0.39, 0.29) is 6.10 Å². The van der Waals surface area contributed by atoms with Crippen LogP contribution < -0.4 is 10.1 Å². The maximum atomic E-state index is 6.21. The molecule has 0 saturated carbocycles. The standard InChI is InChI=1S/C14H21Cl2NO/c1-4-6-17-9-11-7-12(15)8-13(16)14(11)18-10(3)5-2/h7-8,10,17H,4-6,9H2,1-3H3. The van der Waals surface area contributed by atoms with Crippen LogP contribution in [-0.2, 0) is 6.54 Å². The van der Waals surface area contributed by atoms with Crippen LogP contribution in [0, 0.1) is 0 Å². The molecule has 2 nitrogen and oxygen atoms in total. The molecule has 18 heavy (non-hydrogen) atoms. The van der Waals surface area contributed by atoms with Gasteiger partial charge >= 0.3 is 0 Å². The minimum atomic E-state index is 0.147. The van der Waals surface area contributed by atoms with E-state index in [2.05, 4.69) is 19.2 Å². The molecule has 0 aromatic heterocycles. The Balaban J connectivity index is 2.89. The van der Waals surface area contributed by atoms with Crippen molar-refractivity contribution in [3.05, 3.63) is 27.7 Å². The Kier molecular flexibility index (Phi) is 6.83. The quantitative estimate of drug-likeness (QED) is 0.737. The van der Waals surface area contributed by atoms with E-state index in [0.29, 0.717) is 10.0 Å². The lowest BCUT2D eigenvalue weighted by Crippen LogP contribution is -2.17. The molecule has 1 aromatic carbocycles. The van der Waals surface area contributed by atoms with Gasteiger partial charge in [0.2, 0.25) is 0 Å². The summed E-state index contributed by atoms with van der Waals surface area (Å²) in [5.41, 5.74) is 1.02. The van der Waals surface area contributed by atoms with Gasteiger partial charge in [-0.05, 0) is 38.4 Å². The van der Waals surface area contributed by atoms with Crippen LogP contribution in [0.5, 0.6) is 5.75 Å². The van der Waals surface area contributed by atoms with Crippen molar-refractivity contribution in [3.63, 3.8) is 0 Å². The molecule has 0 radical (unpaired) electrons. The number of halogens is 2. The van der Waals surface area contributed by atoms with Gasteiger partial charge in [0.25, 0.3) is 0 Å². The SMILES string of the molecule is CCCNCc1cc(Cl)cc(Cl)c1OC(C)CC. The van der Waals surface area contributed by atoms with E-state index in [0.717, 1.165) is 37.2 Å². The first-order chi connectivity index (χ1) is 8.58. The van der Waals surface area contributed by atoms with Gasteiger partial charge in [-0.15, -0.1) is 0 Å². The van der Waals surface area contributed by atoms with Crippen LogP contribution in [0.25, 0.3) is 0 Å². The van der Waals surface area contributed by atoms with Crippen molar-refractivity contribution in [3.8, 4) is 5.75 Å². The van der Waals surface area contributed by atoms with Crippen molar-refractivity contribution in [2.24, 2.45) is 0 Å². The van der Waals surface area contributed by atoms with Gasteiger partial charge in [0.1, 0.15) is 5.75 Å². The second kappa shape index (κ2) is 7.88. The number of hydrogen-bond acceptors (Lipinski definition) is 2. The summed E-state index contributed by atoms with van der Waals surface area (Å²) in [6.07, 6.45) is 2.19. The van der Waals surface area contributed by atoms with Crippen molar-refractivity contribution >= 4 is 23.2 Å². The van der Waals surface area contributed by atoms with Crippen LogP contribution >= 0.6 is 23.2 Å². The highest BCUT2D eigenvalue weighted by Crippen LogP contribution is 2.33. The van der Waals surface area contributed by atoms with E-state index < -0.39 is 0 Å². The third-order valence-electron chi connectivity index (χ3n) is 2.72. The average molecular weight is 290 g/mol. The Bertz CT molecular complexity index is 382. The molecule has 4 heteroatoms. The van der Waals surface area contributed by atoms with E-state index in [4.69, 9.17) is 27.9 Å².